The van der Waals surface area contributed by atoms with Gasteiger partial charge >= 0.3 is 0 Å². The maximum atomic E-state index is 12.8. The molecular weight excluding hydrogens is 330 g/mol. The Kier molecular flexibility index (Phi) is 3.72. The van der Waals surface area contributed by atoms with Gasteiger partial charge in [0.1, 0.15) is 5.75 Å². The van der Waals surface area contributed by atoms with Crippen molar-refractivity contribution in [2.24, 2.45) is 0 Å². The number of methoxy groups -OCH3 is 1. The molecule has 108 valence electrons. The lowest BCUT2D eigenvalue weighted by atomic mass is 9.97. The molecule has 0 radical (unpaired) electrons. The highest BCUT2D eigenvalue weighted by Crippen LogP contribution is 2.31. The van der Waals surface area contributed by atoms with Gasteiger partial charge in [-0.1, -0.05) is 22.0 Å². The van der Waals surface area contributed by atoms with Gasteiger partial charge in [-0.05, 0) is 54.8 Å². The van der Waals surface area contributed by atoms with Crippen LogP contribution in [0.25, 0.3) is 0 Å². The molecule has 1 heterocycles. The van der Waals surface area contributed by atoms with Gasteiger partial charge in [0.25, 0.3) is 5.91 Å². The first kappa shape index (κ1) is 14.1. The van der Waals surface area contributed by atoms with Crippen molar-refractivity contribution in [3.8, 4) is 5.75 Å². The molecule has 0 saturated heterocycles. The van der Waals surface area contributed by atoms with Crippen molar-refractivity contribution < 1.29 is 9.53 Å². The second-order valence-electron chi connectivity index (χ2n) is 5.11. The molecule has 0 unspecified atom stereocenters. The van der Waals surface area contributed by atoms with Crippen LogP contribution in [0.15, 0.2) is 40.9 Å². The standard InChI is InChI=1S/C17H16BrNO2/c1-11-15(18)4-3-5-16(11)19-9-8-12-10-13(21-2)6-7-14(12)17(19)20/h3-7,10H,8-9H2,1-2H3. The van der Waals surface area contributed by atoms with Crippen molar-refractivity contribution in [2.45, 2.75) is 13.3 Å². The van der Waals surface area contributed by atoms with Crippen LogP contribution in [0.1, 0.15) is 21.5 Å². The Morgan fingerprint density at radius 2 is 2.05 bits per heavy atom. The molecule has 0 saturated carbocycles. The van der Waals surface area contributed by atoms with E-state index in [0.717, 1.165) is 39.0 Å². The van der Waals surface area contributed by atoms with Crippen molar-refractivity contribution in [1.29, 1.82) is 0 Å². The SMILES string of the molecule is COc1ccc2c(c1)CCN(c1cccc(Br)c1C)C2=O. The number of ether oxygens (including phenoxy) is 1. The number of fused-ring (bicyclic) bond motifs is 1. The van der Waals surface area contributed by atoms with E-state index in [1.807, 2.05) is 48.2 Å². The normalized spacial score (nSPS) is 14.0. The quantitative estimate of drug-likeness (QED) is 0.824. The van der Waals surface area contributed by atoms with Crippen LogP contribution in [0, 0.1) is 6.92 Å². The minimum atomic E-state index is 0.0557. The maximum absolute atomic E-state index is 12.8. The molecule has 0 aliphatic carbocycles. The Bertz CT molecular complexity index is 712. The van der Waals surface area contributed by atoms with Crippen LogP contribution in [0.4, 0.5) is 5.69 Å². The van der Waals surface area contributed by atoms with Crippen molar-refractivity contribution in [3.63, 3.8) is 0 Å². The highest BCUT2D eigenvalue weighted by molar-refractivity contribution is 9.10. The zero-order chi connectivity index (χ0) is 15.0. The first-order valence-electron chi connectivity index (χ1n) is 6.85. The van der Waals surface area contributed by atoms with E-state index >= 15 is 0 Å². The lowest BCUT2D eigenvalue weighted by Crippen LogP contribution is -2.38. The molecule has 1 amide bonds. The number of amides is 1. The van der Waals surface area contributed by atoms with Crippen LogP contribution in [-0.4, -0.2) is 19.6 Å². The largest absolute Gasteiger partial charge is 0.497 e. The maximum Gasteiger partial charge on any atom is 0.258 e. The molecule has 3 rings (SSSR count). The van der Waals surface area contributed by atoms with Gasteiger partial charge in [0.05, 0.1) is 7.11 Å². The van der Waals surface area contributed by atoms with Crippen LogP contribution in [0.3, 0.4) is 0 Å². The highest BCUT2D eigenvalue weighted by Gasteiger charge is 2.26. The van der Waals surface area contributed by atoms with Crippen LogP contribution >= 0.6 is 15.9 Å². The summed E-state index contributed by atoms with van der Waals surface area (Å²) >= 11 is 3.53. The topological polar surface area (TPSA) is 29.5 Å². The summed E-state index contributed by atoms with van der Waals surface area (Å²) in [5.74, 6) is 0.855. The number of nitrogens with zero attached hydrogens (tertiary/aromatic N) is 1. The Hall–Kier alpha value is -1.81. The summed E-state index contributed by atoms with van der Waals surface area (Å²) in [7, 11) is 1.64. The van der Waals surface area contributed by atoms with Gasteiger partial charge in [0.15, 0.2) is 0 Å². The average Bonchev–Trinajstić information content (AvgIpc) is 2.50. The molecule has 1 aliphatic heterocycles. The van der Waals surface area contributed by atoms with E-state index in [1.54, 1.807) is 7.11 Å². The Morgan fingerprint density at radius 1 is 1.24 bits per heavy atom. The summed E-state index contributed by atoms with van der Waals surface area (Å²) in [5, 5.41) is 0. The molecule has 0 atom stereocenters. The van der Waals surface area contributed by atoms with E-state index < -0.39 is 0 Å². The predicted octanol–water partition coefficient (Wildman–Crippen LogP) is 3.97. The Balaban J connectivity index is 2.01. The second-order valence-corrected chi connectivity index (χ2v) is 5.97. The van der Waals surface area contributed by atoms with Crippen LogP contribution in [0.2, 0.25) is 0 Å². The zero-order valence-electron chi connectivity index (χ0n) is 12.0. The predicted molar refractivity (Wildman–Crippen MR) is 87.3 cm³/mol. The lowest BCUT2D eigenvalue weighted by molar-refractivity contribution is 0.0980. The Labute approximate surface area is 132 Å². The van der Waals surface area contributed by atoms with Gasteiger partial charge in [0.2, 0.25) is 0 Å². The van der Waals surface area contributed by atoms with E-state index in [9.17, 15) is 4.79 Å². The summed E-state index contributed by atoms with van der Waals surface area (Å²) in [6, 6.07) is 11.6. The first-order chi connectivity index (χ1) is 10.1. The number of carbonyl (C=O) groups is 1. The third kappa shape index (κ3) is 2.44. The minimum absolute atomic E-state index is 0.0557. The number of rotatable bonds is 2. The summed E-state index contributed by atoms with van der Waals surface area (Å²) < 4.78 is 6.25. The molecule has 0 aromatic heterocycles. The Morgan fingerprint density at radius 3 is 2.81 bits per heavy atom. The fraction of sp³-hybridized carbons (Fsp3) is 0.235. The molecule has 0 fully saturated rings. The summed E-state index contributed by atoms with van der Waals surface area (Å²) in [6.07, 6.45) is 0.838. The fourth-order valence-electron chi connectivity index (χ4n) is 2.71. The molecule has 2 aromatic carbocycles. The van der Waals surface area contributed by atoms with Gasteiger partial charge in [-0.3, -0.25) is 4.79 Å². The number of hydrogen-bond acceptors (Lipinski definition) is 2. The number of hydrogen-bond donors (Lipinski definition) is 0. The van der Waals surface area contributed by atoms with Crippen molar-refractivity contribution in [1.82, 2.24) is 0 Å². The van der Waals surface area contributed by atoms with Crippen LogP contribution < -0.4 is 9.64 Å². The minimum Gasteiger partial charge on any atom is -0.497 e. The number of halogens is 1. The zero-order valence-corrected chi connectivity index (χ0v) is 13.6. The first-order valence-corrected chi connectivity index (χ1v) is 7.65. The molecule has 0 N–H and O–H groups in total. The van der Waals surface area contributed by atoms with Gasteiger partial charge < -0.3 is 9.64 Å². The molecule has 1 aliphatic rings. The van der Waals surface area contributed by atoms with Gasteiger partial charge in [-0.2, -0.15) is 0 Å². The number of anilines is 1. The van der Waals surface area contributed by atoms with Gasteiger partial charge in [-0.15, -0.1) is 0 Å². The van der Waals surface area contributed by atoms with E-state index in [0.29, 0.717) is 6.54 Å². The van der Waals surface area contributed by atoms with Gasteiger partial charge in [0, 0.05) is 22.3 Å². The van der Waals surface area contributed by atoms with Crippen molar-refractivity contribution >= 4 is 27.5 Å². The van der Waals surface area contributed by atoms with E-state index in [-0.39, 0.29) is 5.91 Å². The molecule has 3 nitrogen and oxygen atoms in total. The molecule has 0 bridgehead atoms. The monoisotopic (exact) mass is 345 g/mol. The van der Waals surface area contributed by atoms with E-state index in [1.165, 1.54) is 0 Å². The van der Waals surface area contributed by atoms with Gasteiger partial charge in [-0.25, -0.2) is 0 Å². The molecular formula is C17H16BrNO2. The van der Waals surface area contributed by atoms with E-state index in [4.69, 9.17) is 4.74 Å². The molecule has 21 heavy (non-hydrogen) atoms. The molecule has 2 aromatic rings. The average molecular weight is 346 g/mol. The third-order valence-corrected chi connectivity index (χ3v) is 4.78. The summed E-state index contributed by atoms with van der Waals surface area (Å²) in [4.78, 5) is 14.6. The second kappa shape index (κ2) is 5.53. The van der Waals surface area contributed by atoms with Crippen molar-refractivity contribution in [2.75, 3.05) is 18.6 Å². The molecule has 0 spiro atoms. The number of carbonyl (C=O) groups excluding carboxylic acids is 1. The third-order valence-electron chi connectivity index (χ3n) is 3.92. The van der Waals surface area contributed by atoms with Crippen LogP contribution in [0.5, 0.6) is 5.75 Å². The smallest absolute Gasteiger partial charge is 0.258 e. The lowest BCUT2D eigenvalue weighted by Gasteiger charge is -2.30. The fourth-order valence-corrected chi connectivity index (χ4v) is 3.07. The van der Waals surface area contributed by atoms with Crippen LogP contribution in [-0.2, 0) is 6.42 Å². The van der Waals surface area contributed by atoms with E-state index in [2.05, 4.69) is 15.9 Å². The number of benzene rings is 2. The van der Waals surface area contributed by atoms with Crippen molar-refractivity contribution in [3.05, 3.63) is 57.6 Å². The summed E-state index contributed by atoms with van der Waals surface area (Å²) in [6.45, 7) is 2.71. The highest BCUT2D eigenvalue weighted by atomic mass is 79.9. The summed E-state index contributed by atoms with van der Waals surface area (Å²) in [5.41, 5.74) is 3.88. The molecule has 4 heteroatoms.